The van der Waals surface area contributed by atoms with E-state index in [4.69, 9.17) is 0 Å². The van der Waals surface area contributed by atoms with Gasteiger partial charge in [-0.15, -0.1) is 0 Å². The second-order valence-electron chi connectivity index (χ2n) is 0. The maximum atomic E-state index is 0. The number of rotatable bonds is 0. The van der Waals surface area contributed by atoms with Crippen molar-refractivity contribution < 1.29 is 52.6 Å². The Bertz CT molecular complexity index is 15.7. The predicted octanol–water partition coefficient (Wildman–Crippen LogP) is -0.398. The second kappa shape index (κ2) is 32.3. The fourth-order valence-electron chi connectivity index (χ4n) is 0. The quantitative estimate of drug-likeness (QED) is 0.461. The molecule has 5 heavy (non-hydrogen) atoms. The smallest absolute Gasteiger partial charge is 2.00 e. The minimum absolute atomic E-state index is 0. The molecular weight excluding hydrogens is 183 g/mol. The first-order valence-electron chi connectivity index (χ1n) is 0. The van der Waals surface area contributed by atoms with Crippen molar-refractivity contribution in [2.45, 2.75) is 0 Å². The fourth-order valence-corrected chi connectivity index (χ4v) is 0. The van der Waals surface area contributed by atoms with E-state index in [0.717, 1.165) is 0 Å². The topological polar surface area (TPSA) is 57.0 Å². The van der Waals surface area contributed by atoms with Crippen molar-refractivity contribution in [3.63, 3.8) is 0 Å². The van der Waals surface area contributed by atoms with Crippen molar-refractivity contribution in [1.82, 2.24) is 0 Å². The summed E-state index contributed by atoms with van der Waals surface area (Å²) in [5.74, 6) is 0. The Balaban J connectivity index is 0. The first-order chi connectivity index (χ1) is 0. The number of hydrogen-bond donors (Lipinski definition) is 0. The van der Waals surface area contributed by atoms with Gasteiger partial charge < -0.3 is 13.8 Å². The largest absolute Gasteiger partial charge is 4.00 e. The molecule has 31 valence electrons. The third-order valence-electron chi connectivity index (χ3n) is 0. The molecule has 0 unspecified atom stereocenters. The van der Waals surface area contributed by atoms with Gasteiger partial charge >= 0.3 is 59.5 Å². The molecule has 0 rings (SSSR count). The Morgan fingerprint density at radius 2 is 1.00 bits per heavy atom. The van der Waals surface area contributed by atoms with Gasteiger partial charge in [-0.05, 0) is 0 Å². The standard InChI is InChI=1S/Ca.Cu.2O.Ti.2H/q+2;;2*-2;+4;2*-1. The van der Waals surface area contributed by atoms with Crippen molar-refractivity contribution in [2.75, 3.05) is 0 Å². The summed E-state index contributed by atoms with van der Waals surface area (Å²) in [6.07, 6.45) is 0. The van der Waals surface area contributed by atoms with Crippen LogP contribution in [0.5, 0.6) is 0 Å². The molecule has 0 saturated carbocycles. The van der Waals surface area contributed by atoms with E-state index in [2.05, 4.69) is 0 Å². The minimum Gasteiger partial charge on any atom is -2.00 e. The minimum atomic E-state index is 0. The van der Waals surface area contributed by atoms with Crippen LogP contribution < -0.4 is 0 Å². The molecule has 0 spiro atoms. The summed E-state index contributed by atoms with van der Waals surface area (Å²) in [5, 5.41) is 0. The molecule has 0 bridgehead atoms. The molecule has 0 aromatic carbocycles. The average molecular weight is 186 g/mol. The van der Waals surface area contributed by atoms with Crippen molar-refractivity contribution in [3.05, 3.63) is 0 Å². The summed E-state index contributed by atoms with van der Waals surface area (Å²) >= 11 is 0. The Morgan fingerprint density at radius 1 is 1.00 bits per heavy atom. The predicted molar refractivity (Wildman–Crippen MR) is 9.35 cm³/mol. The second-order valence-corrected chi connectivity index (χ2v) is 0. The maximum absolute atomic E-state index is 0. The van der Waals surface area contributed by atoms with Gasteiger partial charge in [-0.1, -0.05) is 0 Å². The molecule has 0 aromatic rings. The van der Waals surface area contributed by atoms with E-state index < -0.39 is 0 Å². The molecule has 1 radical (unpaired) electrons. The van der Waals surface area contributed by atoms with Crippen molar-refractivity contribution >= 4 is 37.7 Å². The van der Waals surface area contributed by atoms with Crippen LogP contribution in [0.25, 0.3) is 0 Å². The van der Waals surface area contributed by atoms with Crippen LogP contribution in [-0.4, -0.2) is 37.7 Å². The summed E-state index contributed by atoms with van der Waals surface area (Å²) in [4.78, 5) is 0. The molecule has 0 aliphatic rings. The summed E-state index contributed by atoms with van der Waals surface area (Å²) < 4.78 is 0. The molecule has 0 saturated heterocycles. The van der Waals surface area contributed by atoms with Gasteiger partial charge in [0.15, 0.2) is 0 Å². The van der Waals surface area contributed by atoms with E-state index in [1.165, 1.54) is 0 Å². The fraction of sp³-hybridized carbons (Fsp3) is 0. The van der Waals surface area contributed by atoms with Crippen LogP contribution in [0.3, 0.4) is 0 Å². The molecule has 0 fully saturated rings. The van der Waals surface area contributed by atoms with Crippen LogP contribution in [0.2, 0.25) is 0 Å². The van der Waals surface area contributed by atoms with Crippen molar-refractivity contribution in [1.29, 1.82) is 0 Å². The van der Waals surface area contributed by atoms with Crippen LogP contribution >= 0.6 is 0 Å². The maximum Gasteiger partial charge on any atom is 4.00 e. The Morgan fingerprint density at radius 3 is 1.00 bits per heavy atom. The normalized spacial score (nSPS) is 0. The molecule has 0 aliphatic heterocycles. The zero-order valence-electron chi connectivity index (χ0n) is 4.33. The van der Waals surface area contributed by atoms with Crippen LogP contribution in [0.15, 0.2) is 0 Å². The SMILES string of the molecule is [Ca+2].[Cu].[H-].[H-].[O-2].[O-2].[Ti+4]. The molecule has 0 heterocycles. The third-order valence-corrected chi connectivity index (χ3v) is 0. The van der Waals surface area contributed by atoms with E-state index in [0.29, 0.717) is 0 Å². The molecule has 0 N–H and O–H groups in total. The number of hydrogen-bond acceptors (Lipinski definition) is 0. The van der Waals surface area contributed by atoms with E-state index in [9.17, 15) is 0 Å². The van der Waals surface area contributed by atoms with Gasteiger partial charge in [0.05, 0.1) is 0 Å². The van der Waals surface area contributed by atoms with Gasteiger partial charge in [0.25, 0.3) is 0 Å². The molecule has 0 amide bonds. The van der Waals surface area contributed by atoms with Crippen LogP contribution in [0, 0.1) is 0 Å². The summed E-state index contributed by atoms with van der Waals surface area (Å²) in [6.45, 7) is 0. The average Bonchev–Trinajstić information content (AvgIpc) is 0. The Kier molecular flexibility index (Phi) is 338. The van der Waals surface area contributed by atoms with Gasteiger partial charge in [0, 0.05) is 17.1 Å². The van der Waals surface area contributed by atoms with Gasteiger partial charge in [-0.2, -0.15) is 0 Å². The zero-order valence-corrected chi connectivity index (χ0v) is 7.04. The van der Waals surface area contributed by atoms with Crippen LogP contribution in [-0.2, 0) is 49.7 Å². The van der Waals surface area contributed by atoms with E-state index in [1.807, 2.05) is 0 Å². The molecular formula is H2CaCuO2Ti. The molecule has 0 aliphatic carbocycles. The van der Waals surface area contributed by atoms with Crippen molar-refractivity contribution in [3.8, 4) is 0 Å². The van der Waals surface area contributed by atoms with Gasteiger partial charge in [0.1, 0.15) is 0 Å². The Labute approximate surface area is 89.0 Å². The van der Waals surface area contributed by atoms with E-state index in [-0.39, 0.29) is 90.3 Å². The van der Waals surface area contributed by atoms with Gasteiger partial charge in [0.2, 0.25) is 0 Å². The van der Waals surface area contributed by atoms with Crippen LogP contribution in [0.1, 0.15) is 2.85 Å². The monoisotopic (exact) mass is 185 g/mol. The first kappa shape index (κ1) is 52.4. The zero-order chi connectivity index (χ0) is 0. The van der Waals surface area contributed by atoms with E-state index >= 15 is 0 Å². The summed E-state index contributed by atoms with van der Waals surface area (Å²) in [7, 11) is 0. The first-order valence-corrected chi connectivity index (χ1v) is 0. The third kappa shape index (κ3) is 21.4. The molecule has 5 heteroatoms. The summed E-state index contributed by atoms with van der Waals surface area (Å²) in [6, 6.07) is 0. The van der Waals surface area contributed by atoms with Crippen molar-refractivity contribution in [2.24, 2.45) is 0 Å². The van der Waals surface area contributed by atoms with E-state index in [1.54, 1.807) is 0 Å². The summed E-state index contributed by atoms with van der Waals surface area (Å²) in [5.41, 5.74) is 0. The molecule has 0 atom stereocenters. The molecule has 0 aromatic heterocycles. The van der Waals surface area contributed by atoms with Crippen LogP contribution in [0.4, 0.5) is 0 Å². The molecule has 2 nitrogen and oxygen atoms in total. The van der Waals surface area contributed by atoms with Gasteiger partial charge in [-0.3, -0.25) is 0 Å². The Hall–Kier alpha value is 2.41. The van der Waals surface area contributed by atoms with Gasteiger partial charge in [-0.25, -0.2) is 0 Å².